The van der Waals surface area contributed by atoms with Crippen LogP contribution >= 0.6 is 11.6 Å². The molecule has 4 rings (SSSR count). The van der Waals surface area contributed by atoms with Crippen molar-refractivity contribution in [3.63, 3.8) is 0 Å². The Morgan fingerprint density at radius 3 is 2.36 bits per heavy atom. The van der Waals surface area contributed by atoms with Gasteiger partial charge < -0.3 is 19.3 Å². The van der Waals surface area contributed by atoms with Crippen LogP contribution in [0.15, 0.2) is 72.8 Å². The van der Waals surface area contributed by atoms with E-state index in [-0.39, 0.29) is 0 Å². The number of fused-ring (bicyclic) bond motifs is 1. The van der Waals surface area contributed by atoms with Gasteiger partial charge in [0.05, 0.1) is 0 Å². The molecule has 0 bridgehead atoms. The van der Waals surface area contributed by atoms with E-state index >= 15 is 0 Å². The predicted octanol–water partition coefficient (Wildman–Crippen LogP) is 4.88. The monoisotopic (exact) mass is 396 g/mol. The van der Waals surface area contributed by atoms with E-state index < -0.39 is 18.2 Å². The second-order valence-corrected chi connectivity index (χ2v) is 6.79. The molecule has 3 aromatic carbocycles. The third kappa shape index (κ3) is 3.89. The summed E-state index contributed by atoms with van der Waals surface area (Å²) in [5.74, 6) is 0.521. The maximum Gasteiger partial charge on any atom is 0.349 e. The zero-order chi connectivity index (χ0) is 19.5. The first-order chi connectivity index (χ1) is 13.6. The van der Waals surface area contributed by atoms with Gasteiger partial charge in [-0.05, 0) is 47.5 Å². The van der Waals surface area contributed by atoms with Gasteiger partial charge in [0.15, 0.2) is 17.6 Å². The number of carbonyl (C=O) groups is 1. The van der Waals surface area contributed by atoms with Crippen LogP contribution in [0.2, 0.25) is 5.02 Å². The van der Waals surface area contributed by atoms with Crippen molar-refractivity contribution >= 4 is 17.6 Å². The zero-order valence-electron chi connectivity index (χ0n) is 14.7. The highest BCUT2D eigenvalue weighted by molar-refractivity contribution is 6.30. The molecule has 0 fully saturated rings. The van der Waals surface area contributed by atoms with Crippen molar-refractivity contribution in [1.29, 1.82) is 0 Å². The van der Waals surface area contributed by atoms with Gasteiger partial charge >= 0.3 is 5.97 Å². The molecule has 3 aromatic rings. The van der Waals surface area contributed by atoms with Gasteiger partial charge in [0, 0.05) is 5.02 Å². The first kappa shape index (κ1) is 18.2. The first-order valence-electron chi connectivity index (χ1n) is 8.72. The summed E-state index contributed by atoms with van der Waals surface area (Å²) < 4.78 is 17.3. The molecule has 2 atom stereocenters. The van der Waals surface area contributed by atoms with Gasteiger partial charge in [-0.3, -0.25) is 0 Å². The Bertz CT molecular complexity index is 986. The summed E-state index contributed by atoms with van der Waals surface area (Å²) >= 11 is 5.98. The van der Waals surface area contributed by atoms with E-state index in [2.05, 4.69) is 0 Å². The van der Waals surface area contributed by atoms with Crippen LogP contribution in [0.25, 0.3) is 0 Å². The average molecular weight is 397 g/mol. The van der Waals surface area contributed by atoms with Crippen molar-refractivity contribution in [3.8, 4) is 17.2 Å². The van der Waals surface area contributed by atoms with Crippen molar-refractivity contribution in [2.24, 2.45) is 0 Å². The Kier molecular flexibility index (Phi) is 5.08. The smallest absolute Gasteiger partial charge is 0.349 e. The summed E-state index contributed by atoms with van der Waals surface area (Å²) in [6.07, 6.45) is -1.89. The van der Waals surface area contributed by atoms with Gasteiger partial charge in [0.2, 0.25) is 6.10 Å². The molecule has 0 spiro atoms. The highest BCUT2D eigenvalue weighted by Crippen LogP contribution is 2.39. The van der Waals surface area contributed by atoms with Crippen LogP contribution in [0.5, 0.6) is 17.2 Å². The van der Waals surface area contributed by atoms with Gasteiger partial charge in [0.25, 0.3) is 0 Å². The standard InChI is InChI=1S/C22H17ClO5/c23-16-5-3-4-14(12-16)13-26-17-10-8-15(9-11-17)20-21(22(24)25)28-19-7-2-1-6-18(19)27-20/h1-12,20-21H,13H2,(H,24,25). The molecule has 0 saturated carbocycles. The van der Waals surface area contributed by atoms with Gasteiger partial charge in [-0.15, -0.1) is 0 Å². The van der Waals surface area contributed by atoms with Crippen molar-refractivity contribution in [3.05, 3.63) is 88.9 Å². The number of rotatable bonds is 5. The van der Waals surface area contributed by atoms with Crippen molar-refractivity contribution in [2.45, 2.75) is 18.8 Å². The molecule has 1 aliphatic heterocycles. The van der Waals surface area contributed by atoms with E-state index in [0.29, 0.717) is 34.4 Å². The Balaban J connectivity index is 1.50. The van der Waals surface area contributed by atoms with Crippen LogP contribution in [0.1, 0.15) is 17.2 Å². The van der Waals surface area contributed by atoms with E-state index in [1.165, 1.54) is 0 Å². The molecule has 1 aliphatic rings. The van der Waals surface area contributed by atoms with Gasteiger partial charge in [0.1, 0.15) is 12.4 Å². The van der Waals surface area contributed by atoms with E-state index in [4.69, 9.17) is 25.8 Å². The second-order valence-electron chi connectivity index (χ2n) is 6.35. The number of carboxylic acids is 1. The van der Waals surface area contributed by atoms with Crippen molar-refractivity contribution in [2.75, 3.05) is 0 Å². The van der Waals surface area contributed by atoms with Crippen LogP contribution in [-0.2, 0) is 11.4 Å². The molecule has 1 heterocycles. The fourth-order valence-corrected chi connectivity index (χ4v) is 3.22. The summed E-state index contributed by atoms with van der Waals surface area (Å²) in [5.41, 5.74) is 1.65. The third-order valence-corrected chi connectivity index (χ3v) is 4.61. The Morgan fingerprint density at radius 1 is 0.964 bits per heavy atom. The molecule has 5 nitrogen and oxygen atoms in total. The van der Waals surface area contributed by atoms with Crippen LogP contribution < -0.4 is 14.2 Å². The molecule has 6 heteroatoms. The number of halogens is 1. The van der Waals surface area contributed by atoms with E-state index in [1.807, 2.05) is 30.3 Å². The lowest BCUT2D eigenvalue weighted by Crippen LogP contribution is -2.39. The number of para-hydroxylation sites is 2. The summed E-state index contributed by atoms with van der Waals surface area (Å²) in [6.45, 7) is 0.383. The number of carboxylic acid groups (broad SMARTS) is 1. The predicted molar refractivity (Wildman–Crippen MR) is 104 cm³/mol. The van der Waals surface area contributed by atoms with E-state index in [1.54, 1.807) is 42.5 Å². The molecule has 0 aromatic heterocycles. The van der Waals surface area contributed by atoms with Crippen LogP contribution in [-0.4, -0.2) is 17.2 Å². The molecule has 0 radical (unpaired) electrons. The SMILES string of the molecule is O=C(O)C1Oc2ccccc2OC1c1ccc(OCc2cccc(Cl)c2)cc1. The van der Waals surface area contributed by atoms with Crippen LogP contribution in [0.4, 0.5) is 0 Å². The maximum atomic E-state index is 11.7. The third-order valence-electron chi connectivity index (χ3n) is 4.38. The number of hydrogen-bond donors (Lipinski definition) is 1. The Morgan fingerprint density at radius 2 is 1.68 bits per heavy atom. The Labute approximate surface area is 167 Å². The minimum absolute atomic E-state index is 0.383. The van der Waals surface area contributed by atoms with Gasteiger partial charge in [-0.2, -0.15) is 0 Å². The Hall–Kier alpha value is -3.18. The van der Waals surface area contributed by atoms with Crippen LogP contribution in [0, 0.1) is 0 Å². The summed E-state index contributed by atoms with van der Waals surface area (Å²) in [4.78, 5) is 11.7. The molecular weight excluding hydrogens is 380 g/mol. The lowest BCUT2D eigenvalue weighted by atomic mass is 10.0. The van der Waals surface area contributed by atoms with E-state index in [9.17, 15) is 9.90 Å². The van der Waals surface area contributed by atoms with Gasteiger partial charge in [-0.25, -0.2) is 4.79 Å². The summed E-state index contributed by atoms with van der Waals surface area (Å²) in [5, 5.41) is 10.2. The fourth-order valence-electron chi connectivity index (χ4n) is 3.01. The quantitative estimate of drug-likeness (QED) is 0.665. The molecule has 28 heavy (non-hydrogen) atoms. The molecular formula is C22H17ClO5. The molecule has 0 aliphatic carbocycles. The second kappa shape index (κ2) is 7.82. The van der Waals surface area contributed by atoms with Crippen molar-refractivity contribution < 1.29 is 24.1 Å². The fraction of sp³-hybridized carbons (Fsp3) is 0.136. The molecule has 2 unspecified atom stereocenters. The first-order valence-corrected chi connectivity index (χ1v) is 9.10. The minimum Gasteiger partial charge on any atom is -0.489 e. The lowest BCUT2D eigenvalue weighted by Gasteiger charge is -2.31. The molecule has 1 N–H and O–H groups in total. The lowest BCUT2D eigenvalue weighted by molar-refractivity contribution is -0.151. The number of ether oxygens (including phenoxy) is 3. The zero-order valence-corrected chi connectivity index (χ0v) is 15.5. The number of aliphatic carboxylic acids is 1. The van der Waals surface area contributed by atoms with E-state index in [0.717, 1.165) is 5.56 Å². The van der Waals surface area contributed by atoms with Gasteiger partial charge in [-0.1, -0.05) is 48.0 Å². The molecule has 0 saturated heterocycles. The summed E-state index contributed by atoms with van der Waals surface area (Å²) in [7, 11) is 0. The number of hydrogen-bond acceptors (Lipinski definition) is 4. The van der Waals surface area contributed by atoms with Crippen molar-refractivity contribution in [1.82, 2.24) is 0 Å². The topological polar surface area (TPSA) is 65.0 Å². The highest BCUT2D eigenvalue weighted by atomic mass is 35.5. The molecule has 0 amide bonds. The molecule has 142 valence electrons. The average Bonchev–Trinajstić information content (AvgIpc) is 2.72. The van der Waals surface area contributed by atoms with Crippen LogP contribution in [0.3, 0.4) is 0 Å². The highest BCUT2D eigenvalue weighted by Gasteiger charge is 2.38. The minimum atomic E-state index is -1.13. The number of benzene rings is 3. The maximum absolute atomic E-state index is 11.7. The normalized spacial score (nSPS) is 17.8. The summed E-state index contributed by atoms with van der Waals surface area (Å²) in [6, 6.07) is 21.6. The largest absolute Gasteiger partial charge is 0.489 e.